The van der Waals surface area contributed by atoms with E-state index in [0.29, 0.717) is 12.2 Å². The third-order valence-electron chi connectivity index (χ3n) is 4.68. The van der Waals surface area contributed by atoms with Gasteiger partial charge in [0, 0.05) is 19.8 Å². The molecule has 1 atom stereocenters. The van der Waals surface area contributed by atoms with Gasteiger partial charge in [0.25, 0.3) is 5.91 Å². The second-order valence-electron chi connectivity index (χ2n) is 6.24. The molecule has 1 heterocycles. The van der Waals surface area contributed by atoms with Crippen molar-refractivity contribution >= 4 is 15.9 Å². The van der Waals surface area contributed by atoms with E-state index in [9.17, 15) is 13.2 Å². The lowest BCUT2D eigenvalue weighted by atomic mass is 10.1. The molecule has 148 valence electrons. The molecule has 0 saturated heterocycles. The summed E-state index contributed by atoms with van der Waals surface area (Å²) in [6, 6.07) is 11.5. The Hall–Kier alpha value is -2.16. The Morgan fingerprint density at radius 1 is 1.19 bits per heavy atom. The van der Waals surface area contributed by atoms with Crippen LogP contribution in [0.2, 0.25) is 0 Å². The number of aryl methyl sites for hydroxylation is 1. The summed E-state index contributed by atoms with van der Waals surface area (Å²) in [6.07, 6.45) is 1.43. The van der Waals surface area contributed by atoms with Gasteiger partial charge in [-0.15, -0.1) is 0 Å². The number of rotatable bonds is 9. The highest BCUT2D eigenvalue weighted by Crippen LogP contribution is 2.20. The fraction of sp³-hybridized carbons (Fsp3) is 0.421. The molecule has 0 spiro atoms. The molecule has 2 aromatic rings. The molecular weight excluding hydrogens is 364 g/mol. The first-order valence-electron chi connectivity index (χ1n) is 9.01. The number of nitrogens with one attached hydrogen (secondary N) is 2. The van der Waals surface area contributed by atoms with Gasteiger partial charge in [-0.1, -0.05) is 44.2 Å². The highest BCUT2D eigenvalue weighted by molar-refractivity contribution is 7.89. The summed E-state index contributed by atoms with van der Waals surface area (Å²) in [5.74, 6) is -0.303. The van der Waals surface area contributed by atoms with Gasteiger partial charge in [0.2, 0.25) is 10.0 Å². The minimum Gasteiger partial charge on any atom is -0.349 e. The molecule has 0 aliphatic rings. The van der Waals surface area contributed by atoms with Crippen molar-refractivity contribution in [3.63, 3.8) is 0 Å². The number of nitrogens with zero attached hydrogens (tertiary/aromatic N) is 2. The number of carbonyl (C=O) groups is 1. The molecule has 7 nitrogen and oxygen atoms in total. The predicted octanol–water partition coefficient (Wildman–Crippen LogP) is 1.75. The predicted molar refractivity (Wildman–Crippen MR) is 106 cm³/mol. The van der Waals surface area contributed by atoms with Crippen LogP contribution in [-0.2, 0) is 17.1 Å². The normalized spacial score (nSPS) is 12.9. The van der Waals surface area contributed by atoms with Crippen LogP contribution in [0.3, 0.4) is 0 Å². The van der Waals surface area contributed by atoms with Crippen LogP contribution < -0.4 is 10.0 Å². The van der Waals surface area contributed by atoms with Crippen molar-refractivity contribution in [3.05, 3.63) is 53.9 Å². The molecule has 2 rings (SSSR count). The lowest BCUT2D eigenvalue weighted by Gasteiger charge is -2.30. The second kappa shape index (κ2) is 9.16. The van der Waals surface area contributed by atoms with E-state index in [1.807, 2.05) is 18.2 Å². The number of likely N-dealkylation sites (N-methyl/N-ethyl adjacent to an activating group) is 1. The summed E-state index contributed by atoms with van der Waals surface area (Å²) in [7, 11) is -0.589. The van der Waals surface area contributed by atoms with Gasteiger partial charge in [-0.2, -0.15) is 0 Å². The zero-order valence-electron chi connectivity index (χ0n) is 16.3. The monoisotopic (exact) mass is 392 g/mol. The van der Waals surface area contributed by atoms with Crippen LogP contribution in [0.25, 0.3) is 0 Å². The summed E-state index contributed by atoms with van der Waals surface area (Å²) in [6.45, 7) is 6.34. The minimum atomic E-state index is -3.59. The van der Waals surface area contributed by atoms with Gasteiger partial charge in [0.1, 0.15) is 10.6 Å². The molecule has 0 aliphatic carbocycles. The van der Waals surface area contributed by atoms with Gasteiger partial charge in [-0.25, -0.2) is 13.1 Å². The first kappa shape index (κ1) is 21.1. The summed E-state index contributed by atoms with van der Waals surface area (Å²) < 4.78 is 27.7. The highest BCUT2D eigenvalue weighted by Gasteiger charge is 2.22. The van der Waals surface area contributed by atoms with Crippen molar-refractivity contribution in [3.8, 4) is 0 Å². The Morgan fingerprint density at radius 2 is 1.81 bits per heavy atom. The Morgan fingerprint density at radius 3 is 2.37 bits per heavy atom. The molecule has 0 radical (unpaired) electrons. The number of hydrogen-bond acceptors (Lipinski definition) is 4. The Balaban J connectivity index is 2.19. The number of carbonyl (C=O) groups excluding carboxylic acids is 1. The highest BCUT2D eigenvalue weighted by atomic mass is 32.2. The molecular formula is C19H28N4O3S. The van der Waals surface area contributed by atoms with Crippen molar-refractivity contribution in [2.45, 2.75) is 24.8 Å². The fourth-order valence-corrected chi connectivity index (χ4v) is 3.90. The third-order valence-corrected chi connectivity index (χ3v) is 6.07. The van der Waals surface area contributed by atoms with E-state index in [1.165, 1.54) is 23.9 Å². The Bertz CT molecular complexity index is 858. The van der Waals surface area contributed by atoms with Crippen molar-refractivity contribution in [2.75, 3.05) is 26.7 Å². The Kier molecular flexibility index (Phi) is 7.18. The maximum absolute atomic E-state index is 12.7. The van der Waals surface area contributed by atoms with Gasteiger partial charge in [0.05, 0.1) is 6.04 Å². The van der Waals surface area contributed by atoms with E-state index >= 15 is 0 Å². The van der Waals surface area contributed by atoms with E-state index in [0.717, 1.165) is 18.7 Å². The van der Waals surface area contributed by atoms with Gasteiger partial charge >= 0.3 is 0 Å². The summed E-state index contributed by atoms with van der Waals surface area (Å²) in [5.41, 5.74) is 1.43. The minimum absolute atomic E-state index is 0.0472. The molecule has 0 aliphatic heterocycles. The molecule has 27 heavy (non-hydrogen) atoms. The van der Waals surface area contributed by atoms with Crippen molar-refractivity contribution in [2.24, 2.45) is 7.05 Å². The zero-order chi connectivity index (χ0) is 20.0. The molecule has 1 aromatic heterocycles. The number of amides is 1. The van der Waals surface area contributed by atoms with E-state index in [1.54, 1.807) is 7.05 Å². The fourth-order valence-electron chi connectivity index (χ4n) is 3.10. The van der Waals surface area contributed by atoms with E-state index in [-0.39, 0.29) is 16.8 Å². The number of sulfonamides is 1. The second-order valence-corrected chi connectivity index (χ2v) is 8.12. The van der Waals surface area contributed by atoms with Crippen LogP contribution in [-0.4, -0.2) is 50.5 Å². The van der Waals surface area contributed by atoms with Crippen LogP contribution in [0.5, 0.6) is 0 Å². The van der Waals surface area contributed by atoms with Crippen molar-refractivity contribution < 1.29 is 13.2 Å². The SMILES string of the molecule is CCN(CC)C(CNC(=O)c1cc(S(=O)(=O)NC)cn1C)c1ccccc1. The number of aromatic nitrogens is 1. The molecule has 0 saturated carbocycles. The maximum atomic E-state index is 12.7. The number of hydrogen-bond donors (Lipinski definition) is 2. The summed E-state index contributed by atoms with van der Waals surface area (Å²) >= 11 is 0. The molecule has 0 fully saturated rings. The van der Waals surface area contributed by atoms with Crippen LogP contribution in [0.1, 0.15) is 35.9 Å². The quantitative estimate of drug-likeness (QED) is 0.681. The molecule has 0 bridgehead atoms. The number of benzene rings is 1. The van der Waals surface area contributed by atoms with Gasteiger partial charge < -0.3 is 9.88 Å². The van der Waals surface area contributed by atoms with Crippen LogP contribution in [0, 0.1) is 0 Å². The van der Waals surface area contributed by atoms with Crippen LogP contribution in [0.15, 0.2) is 47.5 Å². The van der Waals surface area contributed by atoms with Gasteiger partial charge in [0.15, 0.2) is 0 Å². The van der Waals surface area contributed by atoms with Crippen molar-refractivity contribution in [1.29, 1.82) is 0 Å². The maximum Gasteiger partial charge on any atom is 0.268 e. The topological polar surface area (TPSA) is 83.4 Å². The van der Waals surface area contributed by atoms with E-state index in [2.05, 4.69) is 40.9 Å². The van der Waals surface area contributed by atoms with Crippen LogP contribution in [0.4, 0.5) is 0 Å². The lowest BCUT2D eigenvalue weighted by molar-refractivity contribution is 0.0927. The third kappa shape index (κ3) is 4.97. The largest absolute Gasteiger partial charge is 0.349 e. The standard InChI is InChI=1S/C19H28N4O3S/c1-5-23(6-2)18(15-10-8-7-9-11-15)13-21-19(24)17-12-16(14-22(17)4)27(25,26)20-3/h7-12,14,18,20H,5-6,13H2,1-4H3,(H,21,24). The first-order chi connectivity index (χ1) is 12.8. The zero-order valence-corrected chi connectivity index (χ0v) is 17.1. The average molecular weight is 393 g/mol. The average Bonchev–Trinajstić information content (AvgIpc) is 3.08. The van der Waals surface area contributed by atoms with E-state index in [4.69, 9.17) is 0 Å². The Labute approximate surface area is 161 Å². The lowest BCUT2D eigenvalue weighted by Crippen LogP contribution is -2.38. The van der Waals surface area contributed by atoms with E-state index < -0.39 is 10.0 Å². The molecule has 2 N–H and O–H groups in total. The summed E-state index contributed by atoms with van der Waals surface area (Å²) in [5, 5.41) is 2.95. The molecule has 1 unspecified atom stereocenters. The molecule has 1 amide bonds. The summed E-state index contributed by atoms with van der Waals surface area (Å²) in [4.78, 5) is 15.0. The van der Waals surface area contributed by atoms with Gasteiger partial charge in [-0.3, -0.25) is 9.69 Å². The first-order valence-corrected chi connectivity index (χ1v) is 10.5. The van der Waals surface area contributed by atoms with Crippen molar-refractivity contribution in [1.82, 2.24) is 19.5 Å². The smallest absolute Gasteiger partial charge is 0.268 e. The van der Waals surface area contributed by atoms with Gasteiger partial charge in [-0.05, 0) is 31.8 Å². The molecule has 1 aromatic carbocycles. The molecule has 8 heteroatoms. The van der Waals surface area contributed by atoms with Crippen LogP contribution >= 0.6 is 0 Å².